The number of para-hydroxylation sites is 1. The molecule has 0 aliphatic heterocycles. The number of aromatic hydroxyl groups is 1. The van der Waals surface area contributed by atoms with E-state index in [9.17, 15) is 9.22 Å². The molecule has 0 radical (unpaired) electrons. The van der Waals surface area contributed by atoms with Crippen LogP contribution in [0.25, 0.3) is 106 Å². The number of rotatable bonds is 9. The van der Waals surface area contributed by atoms with E-state index < -0.39 is 12.3 Å². The number of nitrogens with zero attached hydrogens (tertiary/aromatic N) is 3. The summed E-state index contributed by atoms with van der Waals surface area (Å²) >= 11 is 0. The van der Waals surface area contributed by atoms with Crippen molar-refractivity contribution in [1.82, 2.24) is 14.5 Å². The maximum atomic E-state index is 12.9. The fourth-order valence-electron chi connectivity index (χ4n) is 11.9. The Morgan fingerprint density at radius 3 is 1.60 bits per heavy atom. The van der Waals surface area contributed by atoms with Gasteiger partial charge in [-0.25, -0.2) is 4.98 Å². The average Bonchev–Trinajstić information content (AvgIpc) is 1.76. The molecule has 2 aromatic heterocycles. The van der Waals surface area contributed by atoms with E-state index in [2.05, 4.69) is 260 Å². The Morgan fingerprint density at radius 2 is 0.965 bits per heavy atom. The normalized spacial score (nSPS) is 13.2. The number of imidazole rings is 1. The monoisotopic (exact) mass is 1120 g/mol. The van der Waals surface area contributed by atoms with Gasteiger partial charge in [-0.05, 0) is 166 Å². The second-order valence-corrected chi connectivity index (χ2v) is 28.4. The zero-order valence-electron chi connectivity index (χ0n) is 55.4. The Kier molecular flexibility index (Phi) is 13.9. The lowest BCUT2D eigenvalue weighted by atomic mass is 9.78. The van der Waals surface area contributed by atoms with E-state index in [1.165, 1.54) is 5.56 Å². The molecule has 0 fully saturated rings. The number of hydrogen-bond donors (Lipinski definition) is 1. The predicted molar refractivity (Wildman–Crippen MR) is 362 cm³/mol. The van der Waals surface area contributed by atoms with Gasteiger partial charge in [-0.3, -0.25) is 9.55 Å². The molecule has 428 valence electrons. The minimum absolute atomic E-state index is 0.0442. The third-order valence-corrected chi connectivity index (χ3v) is 16.9. The van der Waals surface area contributed by atoms with Gasteiger partial charge in [0.1, 0.15) is 11.6 Å². The number of aryl methyl sites for hydroxylation is 1. The molecule has 0 amide bonds. The molecule has 9 aromatic carbocycles. The van der Waals surface area contributed by atoms with Gasteiger partial charge in [0.25, 0.3) is 0 Å². The molecule has 0 aliphatic rings. The van der Waals surface area contributed by atoms with Crippen molar-refractivity contribution in [3.05, 3.63) is 240 Å². The Bertz CT molecular complexity index is 4420. The first-order valence-electron chi connectivity index (χ1n) is 31.5. The molecule has 0 aliphatic carbocycles. The molecular formula is C81H83N3O. The van der Waals surface area contributed by atoms with Gasteiger partial charge in [-0.15, -0.1) is 0 Å². The second-order valence-electron chi connectivity index (χ2n) is 28.4. The summed E-state index contributed by atoms with van der Waals surface area (Å²) < 4.78 is 29.8. The SMILES string of the molecule is [2H]C([2H])([2H])c1cc(-c2c(-c3ccccc3)cccc2C(C)(C)C)ccc1-c1ccc(-n2c(-c3cc(C(C)(C)C)cc(C(C)(C)C)c3O)nc3c(-c4cc(-c5cc(-c6ccc(C(C)(C)C)cc6)ccn5)cc(C(C)(C)C)c4)cccc32)c(-c2ccccc2)c1. The highest BCUT2D eigenvalue weighted by Gasteiger charge is 2.31. The maximum Gasteiger partial charge on any atom is 0.149 e. The molecule has 11 rings (SSSR count). The maximum absolute atomic E-state index is 12.9. The van der Waals surface area contributed by atoms with Gasteiger partial charge < -0.3 is 5.11 Å². The van der Waals surface area contributed by atoms with Crippen molar-refractivity contribution in [2.24, 2.45) is 0 Å². The van der Waals surface area contributed by atoms with Crippen molar-refractivity contribution < 1.29 is 9.22 Å². The lowest BCUT2D eigenvalue weighted by Crippen LogP contribution is -2.17. The summed E-state index contributed by atoms with van der Waals surface area (Å²) in [6.07, 6.45) is 1.91. The zero-order valence-corrected chi connectivity index (χ0v) is 52.4. The number of phenols is 1. The van der Waals surface area contributed by atoms with Crippen LogP contribution in [0.1, 0.15) is 141 Å². The summed E-state index contributed by atoms with van der Waals surface area (Å²) in [5.74, 6) is 0.762. The van der Waals surface area contributed by atoms with E-state index in [0.29, 0.717) is 17.0 Å². The number of pyridine rings is 1. The zero-order chi connectivity index (χ0) is 63.0. The van der Waals surface area contributed by atoms with Gasteiger partial charge in [-0.2, -0.15) is 0 Å². The highest BCUT2D eigenvalue weighted by atomic mass is 16.3. The van der Waals surface area contributed by atoms with Gasteiger partial charge in [0.2, 0.25) is 0 Å². The van der Waals surface area contributed by atoms with Crippen LogP contribution in [0.5, 0.6) is 5.75 Å². The largest absolute Gasteiger partial charge is 0.507 e. The van der Waals surface area contributed by atoms with Crippen molar-refractivity contribution in [3.8, 4) is 101 Å². The first-order valence-corrected chi connectivity index (χ1v) is 30.0. The van der Waals surface area contributed by atoms with Crippen LogP contribution in [0, 0.1) is 6.85 Å². The van der Waals surface area contributed by atoms with Crippen LogP contribution in [-0.4, -0.2) is 19.6 Å². The highest BCUT2D eigenvalue weighted by molar-refractivity contribution is 5.98. The quantitative estimate of drug-likeness (QED) is 0.157. The molecule has 4 heteroatoms. The molecule has 2 heterocycles. The molecule has 0 atom stereocenters. The first-order chi connectivity index (χ1) is 41.3. The van der Waals surface area contributed by atoms with Gasteiger partial charge in [0.05, 0.1) is 28.0 Å². The topological polar surface area (TPSA) is 50.9 Å². The van der Waals surface area contributed by atoms with E-state index >= 15 is 0 Å². The number of hydrogen-bond acceptors (Lipinski definition) is 3. The summed E-state index contributed by atoms with van der Waals surface area (Å²) in [5, 5.41) is 12.9. The lowest BCUT2D eigenvalue weighted by Gasteiger charge is -2.27. The van der Waals surface area contributed by atoms with Crippen LogP contribution in [0.3, 0.4) is 0 Å². The molecule has 0 bridgehead atoms. The van der Waals surface area contributed by atoms with Gasteiger partial charge >= 0.3 is 0 Å². The van der Waals surface area contributed by atoms with Gasteiger partial charge in [-0.1, -0.05) is 256 Å². The third-order valence-electron chi connectivity index (χ3n) is 16.9. The van der Waals surface area contributed by atoms with Crippen molar-refractivity contribution in [2.45, 2.75) is 138 Å². The van der Waals surface area contributed by atoms with Gasteiger partial charge in [0, 0.05) is 32.6 Å². The van der Waals surface area contributed by atoms with Crippen molar-refractivity contribution in [1.29, 1.82) is 0 Å². The van der Waals surface area contributed by atoms with Crippen molar-refractivity contribution in [2.75, 3.05) is 0 Å². The Hall–Kier alpha value is -8.60. The predicted octanol–water partition coefficient (Wildman–Crippen LogP) is 22.3. The van der Waals surface area contributed by atoms with Crippen molar-refractivity contribution >= 4 is 11.0 Å². The van der Waals surface area contributed by atoms with Crippen LogP contribution in [-0.2, 0) is 27.1 Å². The fourth-order valence-corrected chi connectivity index (χ4v) is 11.9. The summed E-state index contributed by atoms with van der Waals surface area (Å²) in [6.45, 7) is 30.7. The summed E-state index contributed by atoms with van der Waals surface area (Å²) in [7, 11) is 0. The second kappa shape index (κ2) is 21.8. The minimum Gasteiger partial charge on any atom is -0.507 e. The van der Waals surface area contributed by atoms with E-state index in [0.717, 1.165) is 111 Å². The molecule has 4 nitrogen and oxygen atoms in total. The molecule has 11 aromatic rings. The van der Waals surface area contributed by atoms with Gasteiger partial charge in [0.15, 0.2) is 0 Å². The van der Waals surface area contributed by atoms with E-state index in [1.54, 1.807) is 0 Å². The smallest absolute Gasteiger partial charge is 0.149 e. The minimum atomic E-state index is -2.47. The number of fused-ring (bicyclic) bond motifs is 1. The van der Waals surface area contributed by atoms with E-state index in [4.69, 9.17) is 9.97 Å². The van der Waals surface area contributed by atoms with Crippen LogP contribution in [0.4, 0.5) is 0 Å². The van der Waals surface area contributed by atoms with Crippen LogP contribution < -0.4 is 0 Å². The number of aromatic nitrogens is 3. The van der Waals surface area contributed by atoms with Crippen LogP contribution in [0.2, 0.25) is 0 Å². The molecule has 0 unspecified atom stereocenters. The Labute approximate surface area is 510 Å². The van der Waals surface area contributed by atoms with E-state index in [-0.39, 0.29) is 33.0 Å². The molecular weight excluding hydrogens is 1030 g/mol. The average molecular weight is 1120 g/mol. The van der Waals surface area contributed by atoms with Crippen LogP contribution in [0.15, 0.2) is 206 Å². The lowest BCUT2D eigenvalue weighted by molar-refractivity contribution is 0.446. The van der Waals surface area contributed by atoms with E-state index in [1.807, 2.05) is 54.7 Å². The Morgan fingerprint density at radius 1 is 0.376 bits per heavy atom. The third kappa shape index (κ3) is 11.6. The molecule has 0 spiro atoms. The van der Waals surface area contributed by atoms with Crippen LogP contribution >= 0.6 is 0 Å². The van der Waals surface area contributed by atoms with Crippen molar-refractivity contribution in [3.63, 3.8) is 0 Å². The molecule has 0 saturated carbocycles. The summed E-state index contributed by atoms with van der Waals surface area (Å²) in [6, 6.07) is 70.0. The molecule has 0 saturated heterocycles. The Balaban J connectivity index is 1.17. The summed E-state index contributed by atoms with van der Waals surface area (Å²) in [4.78, 5) is 10.8. The summed E-state index contributed by atoms with van der Waals surface area (Å²) in [5.41, 5.74) is 20.9. The fraction of sp³-hybridized carbons (Fsp3) is 0.259. The highest BCUT2D eigenvalue weighted by Crippen LogP contribution is 2.48. The number of phenolic OH excluding ortho intramolecular Hbond substituents is 1. The first kappa shape index (κ1) is 54.3. The molecule has 85 heavy (non-hydrogen) atoms. The molecule has 1 N–H and O–H groups in total. The number of benzene rings is 9. The standard InChI is InChI=1S/C81H83N3O/c1-51-43-57(73-64(53-25-19-17-20-26-53)29-23-31-68(73)80(11,12)13)35-39-63(51)56-36-40-71(66(47-56)54-27-21-18-22-28-54)84-72-32-24-30-65(74(72)83-76(84)67-49-62(79(8,9)10)50-69(75(67)85)81(14,15)16)58-44-59(46-61(45-58)78(5,6)7)70-48-55(41-42-82-70)52-33-37-60(38-34-52)77(2,3)4/h17-50,85H,1-16H3/i1D3.